The fraction of sp³-hybridized carbons (Fsp3) is 0.316. The fourth-order valence-corrected chi connectivity index (χ4v) is 3.49. The van der Waals surface area contributed by atoms with Gasteiger partial charge in [0, 0.05) is 12.6 Å². The van der Waals surface area contributed by atoms with Crippen molar-refractivity contribution in [3.8, 4) is 0 Å². The van der Waals surface area contributed by atoms with E-state index in [9.17, 15) is 13.2 Å². The average molecular weight is 395 g/mol. The zero-order valence-corrected chi connectivity index (χ0v) is 16.6. The molecule has 7 heteroatoms. The van der Waals surface area contributed by atoms with E-state index in [0.29, 0.717) is 6.54 Å². The Kier molecular flexibility index (Phi) is 6.81. The van der Waals surface area contributed by atoms with Crippen molar-refractivity contribution in [2.24, 2.45) is 0 Å². The Morgan fingerprint density at radius 3 is 2.42 bits per heavy atom. The van der Waals surface area contributed by atoms with Crippen molar-refractivity contribution in [3.63, 3.8) is 0 Å². The van der Waals surface area contributed by atoms with Gasteiger partial charge < -0.3 is 4.90 Å². The number of sulfonamides is 1. The Morgan fingerprint density at radius 2 is 1.85 bits per heavy atom. The van der Waals surface area contributed by atoms with Crippen LogP contribution in [0, 0.1) is 0 Å². The summed E-state index contributed by atoms with van der Waals surface area (Å²) in [5.74, 6) is -0.290. The molecule has 0 spiro atoms. The van der Waals surface area contributed by atoms with E-state index in [1.807, 2.05) is 44.2 Å². The van der Waals surface area contributed by atoms with Gasteiger partial charge in [-0.1, -0.05) is 48.9 Å². The molecule has 0 fully saturated rings. The van der Waals surface area contributed by atoms with Gasteiger partial charge in [-0.05, 0) is 44.2 Å². The van der Waals surface area contributed by atoms with Gasteiger partial charge in [0.1, 0.15) is 0 Å². The maximum absolute atomic E-state index is 13.2. The molecule has 0 saturated carbocycles. The first-order valence-electron chi connectivity index (χ1n) is 8.38. The molecule has 140 valence electrons. The van der Waals surface area contributed by atoms with Gasteiger partial charge in [0.2, 0.25) is 10.0 Å². The van der Waals surface area contributed by atoms with Gasteiger partial charge in [-0.25, -0.2) is 13.1 Å². The number of hydrogen-bond donors (Lipinski definition) is 1. The zero-order valence-electron chi connectivity index (χ0n) is 15.1. The third-order valence-corrected chi connectivity index (χ3v) is 6.07. The average Bonchev–Trinajstić information content (AvgIpc) is 2.66. The summed E-state index contributed by atoms with van der Waals surface area (Å²) in [5.41, 5.74) is 1.18. The number of rotatable bonds is 7. The van der Waals surface area contributed by atoms with Crippen molar-refractivity contribution in [1.29, 1.82) is 0 Å². The van der Waals surface area contributed by atoms with Crippen LogP contribution in [0.25, 0.3) is 0 Å². The molecule has 1 amide bonds. The molecule has 0 heterocycles. The topological polar surface area (TPSA) is 66.5 Å². The molecule has 1 unspecified atom stereocenters. The maximum Gasteiger partial charge on any atom is 0.255 e. The van der Waals surface area contributed by atoms with Crippen LogP contribution >= 0.6 is 11.6 Å². The van der Waals surface area contributed by atoms with E-state index in [2.05, 4.69) is 4.72 Å². The highest BCUT2D eigenvalue weighted by Crippen LogP contribution is 2.24. The Morgan fingerprint density at radius 1 is 1.19 bits per heavy atom. The molecule has 0 radical (unpaired) electrons. The van der Waals surface area contributed by atoms with Gasteiger partial charge in [0.15, 0.2) is 0 Å². The Balaban J connectivity index is 2.43. The van der Waals surface area contributed by atoms with Gasteiger partial charge in [0.25, 0.3) is 5.91 Å². The number of carbonyl (C=O) groups excluding carboxylic acids is 1. The first-order valence-corrected chi connectivity index (χ1v) is 10.2. The van der Waals surface area contributed by atoms with Crippen molar-refractivity contribution in [2.75, 3.05) is 7.05 Å². The number of benzene rings is 2. The first-order chi connectivity index (χ1) is 12.3. The maximum atomic E-state index is 13.2. The normalized spacial score (nSPS) is 12.6. The lowest BCUT2D eigenvalue weighted by atomic mass is 10.1. The zero-order chi connectivity index (χ0) is 19.3. The molecule has 5 nitrogen and oxygen atoms in total. The second-order valence-electron chi connectivity index (χ2n) is 6.03. The lowest BCUT2D eigenvalue weighted by Gasteiger charge is -2.29. The highest BCUT2D eigenvalue weighted by atomic mass is 35.5. The molecule has 0 saturated heterocycles. The minimum Gasteiger partial charge on any atom is -0.332 e. The largest absolute Gasteiger partial charge is 0.332 e. The predicted molar refractivity (Wildman–Crippen MR) is 104 cm³/mol. The van der Waals surface area contributed by atoms with E-state index < -0.39 is 10.0 Å². The van der Waals surface area contributed by atoms with Crippen molar-refractivity contribution in [2.45, 2.75) is 37.8 Å². The summed E-state index contributed by atoms with van der Waals surface area (Å²) in [6.45, 7) is 4.39. The summed E-state index contributed by atoms with van der Waals surface area (Å²) < 4.78 is 26.4. The SMILES string of the molecule is CCC(C)N(Cc1ccccc1)C(=O)c1cc(S(=O)(=O)NC)ccc1Cl. The van der Waals surface area contributed by atoms with E-state index in [1.54, 1.807) is 4.90 Å². The van der Waals surface area contributed by atoms with Crippen LogP contribution in [-0.4, -0.2) is 32.3 Å². The smallest absolute Gasteiger partial charge is 0.255 e. The molecule has 0 bridgehead atoms. The second-order valence-corrected chi connectivity index (χ2v) is 8.32. The standard InChI is InChI=1S/C19H23ClN2O3S/c1-4-14(2)22(13-15-8-6-5-7-9-15)19(23)17-12-16(10-11-18(17)20)26(24,25)21-3/h5-12,14,21H,4,13H2,1-3H3. The number of nitrogens with zero attached hydrogens (tertiary/aromatic N) is 1. The molecule has 26 heavy (non-hydrogen) atoms. The van der Waals surface area contributed by atoms with Crippen LogP contribution in [0.1, 0.15) is 36.2 Å². The molecular formula is C19H23ClN2O3S. The van der Waals surface area contributed by atoms with Crippen LogP contribution in [-0.2, 0) is 16.6 Å². The number of carbonyl (C=O) groups is 1. The van der Waals surface area contributed by atoms with Gasteiger partial charge in [-0.15, -0.1) is 0 Å². The monoisotopic (exact) mass is 394 g/mol. The number of amides is 1. The molecule has 0 aliphatic rings. The molecule has 2 aromatic rings. The minimum atomic E-state index is -3.66. The van der Waals surface area contributed by atoms with Crippen LogP contribution in [0.3, 0.4) is 0 Å². The summed E-state index contributed by atoms with van der Waals surface area (Å²) in [6, 6.07) is 13.8. The van der Waals surface area contributed by atoms with Gasteiger partial charge in [-0.3, -0.25) is 4.79 Å². The van der Waals surface area contributed by atoms with Crippen molar-refractivity contribution in [3.05, 3.63) is 64.7 Å². The predicted octanol–water partition coefficient (Wildman–Crippen LogP) is 3.69. The van der Waals surface area contributed by atoms with Crippen molar-refractivity contribution in [1.82, 2.24) is 9.62 Å². The number of nitrogens with one attached hydrogen (secondary N) is 1. The molecular weight excluding hydrogens is 372 g/mol. The first kappa shape index (κ1) is 20.4. The van der Waals surface area contributed by atoms with Crippen LogP contribution in [0.5, 0.6) is 0 Å². The highest BCUT2D eigenvalue weighted by Gasteiger charge is 2.24. The third-order valence-electron chi connectivity index (χ3n) is 4.33. The summed E-state index contributed by atoms with van der Waals surface area (Å²) in [5, 5.41) is 0.228. The Hall–Kier alpha value is -1.89. The molecule has 2 rings (SSSR count). The molecule has 1 atom stereocenters. The van der Waals surface area contributed by atoms with Crippen LogP contribution in [0.4, 0.5) is 0 Å². The summed E-state index contributed by atoms with van der Waals surface area (Å²) in [4.78, 5) is 14.9. The molecule has 2 aromatic carbocycles. The second kappa shape index (κ2) is 8.66. The van der Waals surface area contributed by atoms with E-state index in [-0.39, 0.29) is 27.4 Å². The quantitative estimate of drug-likeness (QED) is 0.778. The summed E-state index contributed by atoms with van der Waals surface area (Å²) in [7, 11) is -2.34. The lowest BCUT2D eigenvalue weighted by Crippen LogP contribution is -2.38. The summed E-state index contributed by atoms with van der Waals surface area (Å²) >= 11 is 6.22. The van der Waals surface area contributed by atoms with Gasteiger partial charge >= 0.3 is 0 Å². The fourth-order valence-electron chi connectivity index (χ4n) is 2.54. The van der Waals surface area contributed by atoms with E-state index in [4.69, 9.17) is 11.6 Å². The number of hydrogen-bond acceptors (Lipinski definition) is 3. The highest BCUT2D eigenvalue weighted by molar-refractivity contribution is 7.89. The van der Waals surface area contributed by atoms with Gasteiger partial charge in [0.05, 0.1) is 15.5 Å². The van der Waals surface area contributed by atoms with E-state index in [0.717, 1.165) is 12.0 Å². The summed E-state index contributed by atoms with van der Waals surface area (Å²) in [6.07, 6.45) is 0.769. The minimum absolute atomic E-state index is 0.0107. The van der Waals surface area contributed by atoms with Crippen molar-refractivity contribution < 1.29 is 13.2 Å². The third kappa shape index (κ3) is 4.63. The molecule has 0 aromatic heterocycles. The molecule has 1 N–H and O–H groups in total. The number of halogens is 1. The van der Waals surface area contributed by atoms with Crippen LogP contribution in [0.2, 0.25) is 5.02 Å². The molecule has 0 aliphatic carbocycles. The molecule has 0 aliphatic heterocycles. The lowest BCUT2D eigenvalue weighted by molar-refractivity contribution is 0.0671. The van der Waals surface area contributed by atoms with E-state index >= 15 is 0 Å². The van der Waals surface area contributed by atoms with Crippen molar-refractivity contribution >= 4 is 27.5 Å². The Bertz CT molecular complexity index is 870. The van der Waals surface area contributed by atoms with E-state index in [1.165, 1.54) is 25.2 Å². The van der Waals surface area contributed by atoms with Gasteiger partial charge in [-0.2, -0.15) is 0 Å². The van der Waals surface area contributed by atoms with Crippen LogP contribution < -0.4 is 4.72 Å². The Labute approximate surface area is 160 Å². The van der Waals surface area contributed by atoms with Crippen LogP contribution in [0.15, 0.2) is 53.4 Å².